The van der Waals surface area contributed by atoms with Crippen molar-refractivity contribution >= 4 is 34.3 Å². The molecule has 0 aliphatic carbocycles. The monoisotopic (exact) mass is 493 g/mol. The van der Waals surface area contributed by atoms with Gasteiger partial charge in [0.25, 0.3) is 17.4 Å². The van der Waals surface area contributed by atoms with Crippen molar-refractivity contribution in [3.8, 4) is 0 Å². The van der Waals surface area contributed by atoms with Crippen LogP contribution in [0.3, 0.4) is 0 Å². The van der Waals surface area contributed by atoms with Crippen LogP contribution in [0.25, 0.3) is 10.9 Å². The summed E-state index contributed by atoms with van der Waals surface area (Å²) in [6.07, 6.45) is 0.935. The summed E-state index contributed by atoms with van der Waals surface area (Å²) in [6.45, 7) is 0.655. The Morgan fingerprint density at radius 3 is 2.43 bits per heavy atom. The van der Waals surface area contributed by atoms with E-state index in [1.807, 2.05) is 18.2 Å². The van der Waals surface area contributed by atoms with E-state index in [2.05, 4.69) is 10.3 Å². The van der Waals surface area contributed by atoms with Gasteiger partial charge in [-0.3, -0.25) is 28.6 Å². The van der Waals surface area contributed by atoms with Crippen LogP contribution >= 0.6 is 0 Å². The lowest BCUT2D eigenvalue weighted by Gasteiger charge is -2.40. The molecule has 184 valence electrons. The summed E-state index contributed by atoms with van der Waals surface area (Å²) in [4.78, 5) is 59.5. The fourth-order valence-electron chi connectivity index (χ4n) is 5.09. The summed E-state index contributed by atoms with van der Waals surface area (Å²) in [5, 5.41) is 3.35. The van der Waals surface area contributed by atoms with Gasteiger partial charge in [0.1, 0.15) is 6.17 Å². The van der Waals surface area contributed by atoms with Gasteiger partial charge in [-0.15, -0.1) is 0 Å². The van der Waals surface area contributed by atoms with E-state index in [-0.39, 0.29) is 49.3 Å². The molecule has 2 aliphatic rings. The lowest BCUT2D eigenvalue weighted by molar-refractivity contribution is -0.121. The number of rotatable bonds is 6. The molecule has 0 spiro atoms. The molecule has 6 rings (SSSR count). The van der Waals surface area contributed by atoms with Crippen LogP contribution < -0.4 is 15.8 Å². The van der Waals surface area contributed by atoms with Crippen LogP contribution in [0.2, 0.25) is 0 Å². The van der Waals surface area contributed by atoms with Gasteiger partial charge in [0.2, 0.25) is 5.91 Å². The van der Waals surface area contributed by atoms with Crippen molar-refractivity contribution in [1.82, 2.24) is 19.8 Å². The number of carbonyl (C=O) groups is 3. The third kappa shape index (κ3) is 3.76. The van der Waals surface area contributed by atoms with Crippen molar-refractivity contribution in [3.05, 3.63) is 106 Å². The minimum Gasteiger partial charge on any atom is -0.354 e. The highest BCUT2D eigenvalue weighted by atomic mass is 16.2. The van der Waals surface area contributed by atoms with Crippen molar-refractivity contribution in [2.45, 2.75) is 19.1 Å². The maximum Gasteiger partial charge on any atom is 0.261 e. The van der Waals surface area contributed by atoms with E-state index in [4.69, 9.17) is 0 Å². The molecule has 3 aromatic carbocycles. The number of amides is 3. The van der Waals surface area contributed by atoms with Crippen LogP contribution in [-0.2, 0) is 11.3 Å². The molecule has 1 atom stereocenters. The summed E-state index contributed by atoms with van der Waals surface area (Å²) >= 11 is 0. The largest absolute Gasteiger partial charge is 0.354 e. The zero-order valence-electron chi connectivity index (χ0n) is 19.8. The molecule has 37 heavy (non-hydrogen) atoms. The summed E-state index contributed by atoms with van der Waals surface area (Å²) in [5.74, 6) is -0.634. The summed E-state index contributed by atoms with van der Waals surface area (Å²) in [6, 6.07) is 21.4. The molecule has 0 fully saturated rings. The number of anilines is 1. The van der Waals surface area contributed by atoms with Gasteiger partial charge in [-0.1, -0.05) is 42.5 Å². The smallest absolute Gasteiger partial charge is 0.261 e. The average molecular weight is 494 g/mol. The first-order chi connectivity index (χ1) is 18.0. The van der Waals surface area contributed by atoms with E-state index in [9.17, 15) is 19.2 Å². The van der Waals surface area contributed by atoms with Crippen LogP contribution in [0.1, 0.15) is 38.9 Å². The average Bonchev–Trinajstić information content (AvgIpc) is 3.22. The van der Waals surface area contributed by atoms with E-state index < -0.39 is 6.17 Å². The highest BCUT2D eigenvalue weighted by Gasteiger charge is 2.47. The summed E-state index contributed by atoms with van der Waals surface area (Å²) < 4.78 is 1.46. The molecule has 0 saturated carbocycles. The van der Waals surface area contributed by atoms with Crippen LogP contribution in [-0.4, -0.2) is 45.3 Å². The molecular formula is C28H23N5O4. The van der Waals surface area contributed by atoms with Crippen molar-refractivity contribution in [3.63, 3.8) is 0 Å². The van der Waals surface area contributed by atoms with Crippen molar-refractivity contribution in [2.24, 2.45) is 0 Å². The van der Waals surface area contributed by atoms with E-state index >= 15 is 0 Å². The van der Waals surface area contributed by atoms with Crippen molar-refractivity contribution < 1.29 is 14.4 Å². The SMILES string of the molecule is O=C(CCN1C(=O)c2ccccc2N2C(=O)c3ccccc3[C@H]12)NCCn1cnc2ccccc2c1=O. The number of hydrogen-bond donors (Lipinski definition) is 1. The number of carbonyl (C=O) groups excluding carboxylic acids is 3. The van der Waals surface area contributed by atoms with E-state index in [0.717, 1.165) is 5.56 Å². The number of para-hydroxylation sites is 2. The Labute approximate surface area is 212 Å². The number of benzene rings is 3. The normalized spacial score (nSPS) is 15.9. The van der Waals surface area contributed by atoms with Gasteiger partial charge < -0.3 is 10.2 Å². The molecule has 3 amide bonds. The Balaban J connectivity index is 1.16. The molecule has 0 bridgehead atoms. The van der Waals surface area contributed by atoms with Gasteiger partial charge in [-0.05, 0) is 30.3 Å². The molecule has 0 unspecified atom stereocenters. The quantitative estimate of drug-likeness (QED) is 0.445. The lowest BCUT2D eigenvalue weighted by atomic mass is 10.0. The third-order valence-electron chi connectivity index (χ3n) is 6.87. The maximum absolute atomic E-state index is 13.4. The summed E-state index contributed by atoms with van der Waals surface area (Å²) in [5.41, 5.74) is 2.78. The Bertz CT molecular complexity index is 1630. The van der Waals surface area contributed by atoms with E-state index in [0.29, 0.717) is 27.7 Å². The third-order valence-corrected chi connectivity index (χ3v) is 6.87. The van der Waals surface area contributed by atoms with E-state index in [1.54, 1.807) is 64.4 Å². The fourth-order valence-corrected chi connectivity index (χ4v) is 5.09. The zero-order valence-corrected chi connectivity index (χ0v) is 19.8. The number of hydrogen-bond acceptors (Lipinski definition) is 5. The number of fused-ring (bicyclic) bond motifs is 6. The molecule has 1 aromatic heterocycles. The van der Waals surface area contributed by atoms with Crippen LogP contribution in [0.5, 0.6) is 0 Å². The summed E-state index contributed by atoms with van der Waals surface area (Å²) in [7, 11) is 0. The first-order valence-corrected chi connectivity index (χ1v) is 12.1. The van der Waals surface area contributed by atoms with E-state index in [1.165, 1.54) is 10.9 Å². The lowest BCUT2D eigenvalue weighted by Crippen LogP contribution is -2.49. The second kappa shape index (κ2) is 9.02. The van der Waals surface area contributed by atoms with Gasteiger partial charge >= 0.3 is 0 Å². The maximum atomic E-state index is 13.4. The second-order valence-corrected chi connectivity index (χ2v) is 9.01. The fraction of sp³-hybridized carbons (Fsp3) is 0.179. The van der Waals surface area contributed by atoms with Crippen molar-refractivity contribution in [2.75, 3.05) is 18.0 Å². The highest BCUT2D eigenvalue weighted by Crippen LogP contribution is 2.45. The predicted molar refractivity (Wildman–Crippen MR) is 137 cm³/mol. The molecule has 4 aromatic rings. The Hall–Kier alpha value is -4.79. The molecule has 9 nitrogen and oxygen atoms in total. The van der Waals surface area contributed by atoms with Gasteiger partial charge in [-0.25, -0.2) is 4.98 Å². The standard InChI is InChI=1S/C28H23N5O4/c34-24(29-14-16-31-17-30-22-11-5-3-9-20(22)26(31)35)13-15-32-25-18-7-1-2-8-19(18)28(37)33(25)23-12-6-4-10-21(23)27(32)36/h1-12,17,25H,13-16H2,(H,29,34)/t25-/m1/s1. The second-order valence-electron chi connectivity index (χ2n) is 9.01. The van der Waals surface area contributed by atoms with Gasteiger partial charge in [0, 0.05) is 37.2 Å². The molecule has 1 N–H and O–H groups in total. The topological polar surface area (TPSA) is 105 Å². The van der Waals surface area contributed by atoms with Gasteiger partial charge in [0.15, 0.2) is 0 Å². The molecule has 3 heterocycles. The zero-order chi connectivity index (χ0) is 25.5. The first kappa shape index (κ1) is 22.7. The first-order valence-electron chi connectivity index (χ1n) is 12.1. The number of nitrogens with one attached hydrogen (secondary N) is 1. The molecule has 0 radical (unpaired) electrons. The van der Waals surface area contributed by atoms with Crippen LogP contribution in [0.15, 0.2) is 83.9 Å². The molecule has 0 saturated heterocycles. The minimum absolute atomic E-state index is 0.0550. The predicted octanol–water partition coefficient (Wildman–Crippen LogP) is 2.72. The Morgan fingerprint density at radius 1 is 0.838 bits per heavy atom. The number of aromatic nitrogens is 2. The Kier molecular flexibility index (Phi) is 5.52. The number of nitrogens with zero attached hydrogens (tertiary/aromatic N) is 4. The Morgan fingerprint density at radius 2 is 1.57 bits per heavy atom. The molecular weight excluding hydrogens is 470 g/mol. The minimum atomic E-state index is -0.596. The van der Waals surface area contributed by atoms with Crippen LogP contribution in [0.4, 0.5) is 5.69 Å². The van der Waals surface area contributed by atoms with Gasteiger partial charge in [0.05, 0.1) is 28.5 Å². The van der Waals surface area contributed by atoms with Crippen molar-refractivity contribution in [1.29, 1.82) is 0 Å². The highest BCUT2D eigenvalue weighted by molar-refractivity contribution is 6.16. The van der Waals surface area contributed by atoms with Crippen LogP contribution in [0, 0.1) is 0 Å². The van der Waals surface area contributed by atoms with Gasteiger partial charge in [-0.2, -0.15) is 0 Å². The molecule has 9 heteroatoms. The molecule has 2 aliphatic heterocycles.